The van der Waals surface area contributed by atoms with E-state index >= 15 is 0 Å². The van der Waals surface area contributed by atoms with Crippen LogP contribution in [-0.2, 0) is 0 Å². The van der Waals surface area contributed by atoms with Crippen molar-refractivity contribution >= 4 is 0 Å². The van der Waals surface area contributed by atoms with Crippen LogP contribution in [0, 0.1) is 5.92 Å². The standard InChI is InChI=1S/C6H14N2O2/c1-3-2-8-6(7)5(10)4(3)9/h3-6,8-10H,2,7H2,1H3. The van der Waals surface area contributed by atoms with Crippen LogP contribution in [0.15, 0.2) is 0 Å². The Morgan fingerprint density at radius 2 is 2.00 bits per heavy atom. The van der Waals surface area contributed by atoms with Crippen LogP contribution in [-0.4, -0.2) is 35.1 Å². The molecule has 4 heteroatoms. The summed E-state index contributed by atoms with van der Waals surface area (Å²) < 4.78 is 0. The van der Waals surface area contributed by atoms with Gasteiger partial charge in [-0.1, -0.05) is 6.92 Å². The summed E-state index contributed by atoms with van der Waals surface area (Å²) in [4.78, 5) is 0. The second-order valence-corrected chi connectivity index (χ2v) is 2.89. The van der Waals surface area contributed by atoms with Gasteiger partial charge in [-0.15, -0.1) is 0 Å². The first-order valence-corrected chi connectivity index (χ1v) is 3.48. The van der Waals surface area contributed by atoms with E-state index in [2.05, 4.69) is 5.32 Å². The van der Waals surface area contributed by atoms with E-state index < -0.39 is 18.4 Å². The molecular weight excluding hydrogens is 132 g/mol. The second-order valence-electron chi connectivity index (χ2n) is 2.89. The number of rotatable bonds is 0. The van der Waals surface area contributed by atoms with Gasteiger partial charge in [0.15, 0.2) is 0 Å². The van der Waals surface area contributed by atoms with Gasteiger partial charge >= 0.3 is 0 Å². The molecule has 10 heavy (non-hydrogen) atoms. The summed E-state index contributed by atoms with van der Waals surface area (Å²) in [7, 11) is 0. The Morgan fingerprint density at radius 3 is 2.50 bits per heavy atom. The molecule has 0 bridgehead atoms. The third-order valence-corrected chi connectivity index (χ3v) is 1.98. The fraction of sp³-hybridized carbons (Fsp3) is 1.00. The molecule has 0 aromatic rings. The summed E-state index contributed by atoms with van der Waals surface area (Å²) in [6.07, 6.45) is -1.99. The molecular formula is C6H14N2O2. The summed E-state index contributed by atoms with van der Waals surface area (Å²) in [6, 6.07) is 0. The summed E-state index contributed by atoms with van der Waals surface area (Å²) >= 11 is 0. The lowest BCUT2D eigenvalue weighted by atomic mass is 9.94. The van der Waals surface area contributed by atoms with Crippen LogP contribution in [0.25, 0.3) is 0 Å². The van der Waals surface area contributed by atoms with Gasteiger partial charge in [0.2, 0.25) is 0 Å². The van der Waals surface area contributed by atoms with Crippen molar-refractivity contribution in [2.24, 2.45) is 11.7 Å². The minimum absolute atomic E-state index is 0.0785. The molecule has 0 aliphatic carbocycles. The summed E-state index contributed by atoms with van der Waals surface area (Å²) in [5.74, 6) is 0.0785. The molecule has 0 saturated carbocycles. The molecule has 5 N–H and O–H groups in total. The molecule has 60 valence electrons. The van der Waals surface area contributed by atoms with Gasteiger partial charge in [-0.2, -0.15) is 0 Å². The van der Waals surface area contributed by atoms with E-state index in [0.29, 0.717) is 6.54 Å². The highest BCUT2D eigenvalue weighted by Gasteiger charge is 2.32. The van der Waals surface area contributed by atoms with Gasteiger partial charge in [0.05, 0.1) is 12.3 Å². The van der Waals surface area contributed by atoms with Gasteiger partial charge in [-0.3, -0.25) is 5.32 Å². The quantitative estimate of drug-likeness (QED) is 0.326. The van der Waals surface area contributed by atoms with Crippen molar-refractivity contribution in [2.75, 3.05) is 6.54 Å². The lowest BCUT2D eigenvalue weighted by Gasteiger charge is -2.34. The molecule has 0 spiro atoms. The molecule has 1 aliphatic rings. The highest BCUT2D eigenvalue weighted by Crippen LogP contribution is 2.12. The van der Waals surface area contributed by atoms with Gasteiger partial charge in [0.25, 0.3) is 0 Å². The van der Waals surface area contributed by atoms with E-state index in [4.69, 9.17) is 5.73 Å². The van der Waals surface area contributed by atoms with Crippen molar-refractivity contribution in [1.29, 1.82) is 0 Å². The van der Waals surface area contributed by atoms with Crippen LogP contribution in [0.4, 0.5) is 0 Å². The maximum atomic E-state index is 9.25. The lowest BCUT2D eigenvalue weighted by Crippen LogP contribution is -2.60. The van der Waals surface area contributed by atoms with E-state index in [1.165, 1.54) is 0 Å². The molecule has 4 unspecified atom stereocenters. The predicted molar refractivity (Wildman–Crippen MR) is 37.2 cm³/mol. The average Bonchev–Trinajstić information content (AvgIpc) is 1.93. The lowest BCUT2D eigenvalue weighted by molar-refractivity contribution is -0.0527. The topological polar surface area (TPSA) is 78.5 Å². The molecule has 1 rings (SSSR count). The van der Waals surface area contributed by atoms with Gasteiger partial charge in [0, 0.05) is 6.54 Å². The Hall–Kier alpha value is -0.160. The van der Waals surface area contributed by atoms with Crippen molar-refractivity contribution < 1.29 is 10.2 Å². The maximum absolute atomic E-state index is 9.25. The predicted octanol–water partition coefficient (Wildman–Crippen LogP) is -1.77. The molecule has 0 amide bonds. The minimum atomic E-state index is -0.830. The Labute approximate surface area is 60.0 Å². The normalized spacial score (nSPS) is 49.2. The zero-order chi connectivity index (χ0) is 7.72. The number of piperidine rings is 1. The largest absolute Gasteiger partial charge is 0.390 e. The van der Waals surface area contributed by atoms with Crippen molar-refractivity contribution in [3.63, 3.8) is 0 Å². The zero-order valence-electron chi connectivity index (χ0n) is 5.99. The molecule has 0 radical (unpaired) electrons. The smallest absolute Gasteiger partial charge is 0.108 e. The maximum Gasteiger partial charge on any atom is 0.108 e. The Balaban J connectivity index is 2.52. The van der Waals surface area contributed by atoms with E-state index in [9.17, 15) is 10.2 Å². The number of aliphatic hydroxyl groups is 2. The highest BCUT2D eigenvalue weighted by molar-refractivity contribution is 4.86. The molecule has 1 fully saturated rings. The van der Waals surface area contributed by atoms with Crippen molar-refractivity contribution in [3.8, 4) is 0 Å². The van der Waals surface area contributed by atoms with Crippen molar-refractivity contribution in [2.45, 2.75) is 25.3 Å². The molecule has 1 heterocycles. The first-order valence-electron chi connectivity index (χ1n) is 3.48. The number of hydrogen-bond donors (Lipinski definition) is 4. The van der Waals surface area contributed by atoms with Gasteiger partial charge < -0.3 is 15.9 Å². The van der Waals surface area contributed by atoms with Crippen LogP contribution in [0.3, 0.4) is 0 Å². The first kappa shape index (κ1) is 7.94. The van der Waals surface area contributed by atoms with Crippen LogP contribution >= 0.6 is 0 Å². The van der Waals surface area contributed by atoms with Crippen LogP contribution in [0.2, 0.25) is 0 Å². The monoisotopic (exact) mass is 146 g/mol. The first-order chi connectivity index (χ1) is 4.63. The molecule has 1 aliphatic heterocycles. The number of nitrogens with two attached hydrogens (primary N) is 1. The number of hydrogen-bond acceptors (Lipinski definition) is 4. The van der Waals surface area contributed by atoms with Gasteiger partial charge in [-0.25, -0.2) is 0 Å². The van der Waals surface area contributed by atoms with Gasteiger partial charge in [-0.05, 0) is 5.92 Å². The van der Waals surface area contributed by atoms with Crippen molar-refractivity contribution in [3.05, 3.63) is 0 Å². The molecule has 4 atom stereocenters. The molecule has 0 aromatic carbocycles. The third kappa shape index (κ3) is 1.29. The fourth-order valence-electron chi connectivity index (χ4n) is 1.11. The fourth-order valence-corrected chi connectivity index (χ4v) is 1.11. The average molecular weight is 146 g/mol. The van der Waals surface area contributed by atoms with Crippen LogP contribution < -0.4 is 11.1 Å². The summed E-state index contributed by atoms with van der Waals surface area (Å²) in [5.41, 5.74) is 5.41. The minimum Gasteiger partial charge on any atom is -0.390 e. The van der Waals surface area contributed by atoms with E-state index in [0.717, 1.165) is 0 Å². The highest BCUT2D eigenvalue weighted by atomic mass is 16.3. The van der Waals surface area contributed by atoms with Crippen molar-refractivity contribution in [1.82, 2.24) is 5.32 Å². The summed E-state index contributed by atoms with van der Waals surface area (Å²) in [6.45, 7) is 2.53. The van der Waals surface area contributed by atoms with E-state index in [1.54, 1.807) is 0 Å². The third-order valence-electron chi connectivity index (χ3n) is 1.98. The SMILES string of the molecule is CC1CNC(N)C(O)C1O. The Kier molecular flexibility index (Phi) is 2.25. The zero-order valence-corrected chi connectivity index (χ0v) is 5.99. The van der Waals surface area contributed by atoms with Crippen LogP contribution in [0.1, 0.15) is 6.92 Å². The number of nitrogens with one attached hydrogen (secondary N) is 1. The van der Waals surface area contributed by atoms with E-state index in [-0.39, 0.29) is 5.92 Å². The Morgan fingerprint density at radius 1 is 1.40 bits per heavy atom. The number of aliphatic hydroxyl groups excluding tert-OH is 2. The van der Waals surface area contributed by atoms with Crippen LogP contribution in [0.5, 0.6) is 0 Å². The van der Waals surface area contributed by atoms with E-state index in [1.807, 2.05) is 6.92 Å². The summed E-state index contributed by atoms with van der Waals surface area (Å²) in [5, 5.41) is 21.3. The molecule has 4 nitrogen and oxygen atoms in total. The molecule has 0 aromatic heterocycles. The second kappa shape index (κ2) is 2.84. The Bertz CT molecular complexity index is 106. The van der Waals surface area contributed by atoms with Gasteiger partial charge in [0.1, 0.15) is 6.10 Å². The molecule has 1 saturated heterocycles.